The van der Waals surface area contributed by atoms with Gasteiger partial charge in [0.25, 0.3) is 5.69 Å². The predicted octanol–water partition coefficient (Wildman–Crippen LogP) is 4.01. The van der Waals surface area contributed by atoms with Gasteiger partial charge in [-0.15, -0.1) is 0 Å². The average Bonchev–Trinajstić information content (AvgIpc) is 2.53. The van der Waals surface area contributed by atoms with Crippen molar-refractivity contribution < 1.29 is 14.6 Å². The summed E-state index contributed by atoms with van der Waals surface area (Å²) in [6.45, 7) is 0. The van der Waals surface area contributed by atoms with Crippen molar-refractivity contribution >= 4 is 40.0 Å². The molecule has 0 fully saturated rings. The lowest BCUT2D eigenvalue weighted by Crippen LogP contribution is -2.03. The van der Waals surface area contributed by atoms with Crippen molar-refractivity contribution in [3.63, 3.8) is 0 Å². The van der Waals surface area contributed by atoms with Crippen LogP contribution in [0, 0.1) is 10.1 Å². The molecule has 2 rings (SSSR count). The molecule has 0 saturated heterocycles. The molecule has 0 aromatic heterocycles. The molecule has 0 amide bonds. The molecule has 6 nitrogen and oxygen atoms in total. The Kier molecular flexibility index (Phi) is 5.08. The van der Waals surface area contributed by atoms with Crippen molar-refractivity contribution in [3.05, 3.63) is 74.8 Å². The van der Waals surface area contributed by atoms with Crippen LogP contribution in [0.4, 0.5) is 5.69 Å². The number of carbonyl (C=O) groups is 1. The maximum Gasteiger partial charge on any atom is 0.365 e. The van der Waals surface area contributed by atoms with Gasteiger partial charge in [0.1, 0.15) is 5.02 Å². The van der Waals surface area contributed by atoms with E-state index in [-0.39, 0.29) is 21.4 Å². The Morgan fingerprint density at radius 2 is 1.82 bits per heavy atom. The fraction of sp³-hybridized carbons (Fsp3) is 0. The van der Waals surface area contributed by atoms with Crippen LogP contribution in [0.1, 0.15) is 15.9 Å². The van der Waals surface area contributed by atoms with Crippen molar-refractivity contribution in [2.45, 2.75) is 0 Å². The van der Waals surface area contributed by atoms with E-state index >= 15 is 0 Å². The Morgan fingerprint density at radius 1 is 1.14 bits per heavy atom. The Balaban J connectivity index is 2.18. The third-order valence-electron chi connectivity index (χ3n) is 2.60. The van der Waals surface area contributed by atoms with Crippen LogP contribution in [0.25, 0.3) is 0 Å². The minimum absolute atomic E-state index is 0.0282. The summed E-state index contributed by atoms with van der Waals surface area (Å²) in [6.07, 6.45) is 0. The molecule has 0 atom stereocenters. The number of nitro groups is 1. The molecule has 0 unspecified atom stereocenters. The maximum absolute atomic E-state index is 11.7. The molecule has 8 heteroatoms. The van der Waals surface area contributed by atoms with Gasteiger partial charge in [-0.05, 0) is 24.3 Å². The first-order valence-electron chi connectivity index (χ1n) is 5.93. The quantitative estimate of drug-likeness (QED) is 0.365. The molecule has 0 N–H and O–H groups in total. The highest BCUT2D eigenvalue weighted by atomic mass is 35.5. The van der Waals surface area contributed by atoms with E-state index in [4.69, 9.17) is 23.2 Å². The molecule has 22 heavy (non-hydrogen) atoms. The normalized spacial score (nSPS) is 11.1. The van der Waals surface area contributed by atoms with Gasteiger partial charge in [0.2, 0.25) is 0 Å². The van der Waals surface area contributed by atoms with Crippen LogP contribution in [0.5, 0.6) is 0 Å². The lowest BCUT2D eigenvalue weighted by molar-refractivity contribution is -0.384. The highest BCUT2D eigenvalue weighted by molar-refractivity contribution is 6.69. The molecule has 0 aliphatic carbocycles. The van der Waals surface area contributed by atoms with Crippen LogP contribution in [0.15, 0.2) is 53.7 Å². The zero-order valence-electron chi connectivity index (χ0n) is 10.9. The fourth-order valence-corrected chi connectivity index (χ4v) is 1.88. The summed E-state index contributed by atoms with van der Waals surface area (Å²) in [5, 5.41) is 14.0. The number of rotatable bonds is 4. The summed E-state index contributed by atoms with van der Waals surface area (Å²) >= 11 is 11.6. The van der Waals surface area contributed by atoms with Gasteiger partial charge in [0, 0.05) is 11.6 Å². The number of benzene rings is 2. The molecule has 0 aliphatic rings. The zero-order valence-corrected chi connectivity index (χ0v) is 12.4. The molecule has 0 radical (unpaired) electrons. The molecule has 0 heterocycles. The minimum atomic E-state index is -0.692. The highest BCUT2D eigenvalue weighted by Crippen LogP contribution is 2.26. The van der Waals surface area contributed by atoms with E-state index in [1.54, 1.807) is 30.3 Å². The van der Waals surface area contributed by atoms with Crippen LogP contribution < -0.4 is 0 Å². The summed E-state index contributed by atoms with van der Waals surface area (Å²) in [5.74, 6) is -0.692. The number of nitro benzene ring substituents is 1. The SMILES string of the molecule is O=C(ON=C(Cl)c1ccc(Cl)c([N+](=O)[O-])c1)c1ccccc1. The molecular formula is C14H8Cl2N2O4. The van der Waals surface area contributed by atoms with Crippen LogP contribution in [-0.2, 0) is 4.84 Å². The lowest BCUT2D eigenvalue weighted by Gasteiger charge is -2.01. The van der Waals surface area contributed by atoms with Crippen molar-refractivity contribution in [1.82, 2.24) is 0 Å². The maximum atomic E-state index is 11.7. The first kappa shape index (κ1) is 15.9. The van der Waals surface area contributed by atoms with Gasteiger partial charge in [-0.3, -0.25) is 10.1 Å². The van der Waals surface area contributed by atoms with Gasteiger partial charge in [-0.1, -0.05) is 46.6 Å². The standard InChI is InChI=1S/C14H8Cl2N2O4/c15-11-7-6-10(8-12(11)18(20)21)13(16)17-22-14(19)9-4-2-1-3-5-9/h1-8H. The average molecular weight is 339 g/mol. The fourth-order valence-electron chi connectivity index (χ4n) is 1.54. The Hall–Kier alpha value is -2.44. The van der Waals surface area contributed by atoms with Gasteiger partial charge in [0.05, 0.1) is 10.5 Å². The number of oxime groups is 1. The number of halogens is 2. The van der Waals surface area contributed by atoms with Gasteiger partial charge in [-0.2, -0.15) is 0 Å². The van der Waals surface area contributed by atoms with E-state index in [1.165, 1.54) is 12.1 Å². The number of hydrogen-bond acceptors (Lipinski definition) is 5. The molecule has 0 bridgehead atoms. The Bertz CT molecular complexity index is 748. The Morgan fingerprint density at radius 3 is 2.45 bits per heavy atom. The molecule has 0 aliphatic heterocycles. The van der Waals surface area contributed by atoms with Crippen molar-refractivity contribution in [2.24, 2.45) is 5.16 Å². The lowest BCUT2D eigenvalue weighted by atomic mass is 10.2. The molecule has 112 valence electrons. The second kappa shape index (κ2) is 7.02. The van der Waals surface area contributed by atoms with E-state index in [0.717, 1.165) is 6.07 Å². The van der Waals surface area contributed by atoms with E-state index in [0.29, 0.717) is 5.56 Å². The third-order valence-corrected chi connectivity index (χ3v) is 3.21. The van der Waals surface area contributed by atoms with Crippen LogP contribution in [0.3, 0.4) is 0 Å². The van der Waals surface area contributed by atoms with Crippen LogP contribution in [-0.4, -0.2) is 16.1 Å². The van der Waals surface area contributed by atoms with E-state index < -0.39 is 10.9 Å². The minimum Gasteiger partial charge on any atom is -0.311 e. The second-order valence-electron chi connectivity index (χ2n) is 4.05. The summed E-state index contributed by atoms with van der Waals surface area (Å²) < 4.78 is 0. The van der Waals surface area contributed by atoms with Crippen LogP contribution >= 0.6 is 23.2 Å². The molecule has 2 aromatic carbocycles. The van der Waals surface area contributed by atoms with Gasteiger partial charge in [0.15, 0.2) is 5.17 Å². The second-order valence-corrected chi connectivity index (χ2v) is 4.82. The molecule has 2 aromatic rings. The van der Waals surface area contributed by atoms with Crippen LogP contribution in [0.2, 0.25) is 5.02 Å². The first-order chi connectivity index (χ1) is 10.5. The molecule has 0 saturated carbocycles. The van der Waals surface area contributed by atoms with E-state index in [2.05, 4.69) is 9.99 Å². The summed E-state index contributed by atoms with van der Waals surface area (Å²) in [4.78, 5) is 26.5. The predicted molar refractivity (Wildman–Crippen MR) is 82.4 cm³/mol. The van der Waals surface area contributed by atoms with Gasteiger partial charge >= 0.3 is 5.97 Å². The smallest absolute Gasteiger partial charge is 0.311 e. The number of nitrogens with zero attached hydrogens (tertiary/aromatic N) is 2. The third kappa shape index (κ3) is 3.81. The number of carbonyl (C=O) groups excluding carboxylic acids is 1. The topological polar surface area (TPSA) is 81.8 Å². The van der Waals surface area contributed by atoms with E-state index in [1.807, 2.05) is 0 Å². The Labute approximate surface area is 135 Å². The number of hydrogen-bond donors (Lipinski definition) is 0. The van der Waals surface area contributed by atoms with Crippen molar-refractivity contribution in [1.29, 1.82) is 0 Å². The zero-order chi connectivity index (χ0) is 16.1. The monoisotopic (exact) mass is 338 g/mol. The summed E-state index contributed by atoms with van der Waals surface area (Å²) in [5.41, 5.74) is 0.193. The summed E-state index contributed by atoms with van der Waals surface area (Å²) in [6, 6.07) is 12.1. The highest BCUT2D eigenvalue weighted by Gasteiger charge is 2.15. The van der Waals surface area contributed by atoms with Gasteiger partial charge in [-0.25, -0.2) is 4.79 Å². The van der Waals surface area contributed by atoms with Gasteiger partial charge < -0.3 is 4.84 Å². The van der Waals surface area contributed by atoms with Crippen molar-refractivity contribution in [2.75, 3.05) is 0 Å². The summed E-state index contributed by atoms with van der Waals surface area (Å²) in [7, 11) is 0. The molecule has 0 spiro atoms. The molecular weight excluding hydrogens is 331 g/mol. The first-order valence-corrected chi connectivity index (χ1v) is 6.69. The largest absolute Gasteiger partial charge is 0.365 e. The van der Waals surface area contributed by atoms with Crippen molar-refractivity contribution in [3.8, 4) is 0 Å². The van der Waals surface area contributed by atoms with E-state index in [9.17, 15) is 14.9 Å².